The van der Waals surface area contributed by atoms with Crippen LogP contribution in [0.4, 0.5) is 11.1 Å². The van der Waals surface area contributed by atoms with Gasteiger partial charge in [-0.2, -0.15) is 9.36 Å². The third-order valence-corrected chi connectivity index (χ3v) is 2.27. The van der Waals surface area contributed by atoms with Gasteiger partial charge in [-0.3, -0.25) is 0 Å². The molecule has 1 aromatic rings. The van der Waals surface area contributed by atoms with Crippen LogP contribution in [0.5, 0.6) is 0 Å². The Morgan fingerprint density at radius 2 is 2.31 bits per heavy atom. The minimum Gasteiger partial charge on any atom is -0.396 e. The Labute approximate surface area is 81.2 Å². The predicted molar refractivity (Wildman–Crippen MR) is 53.7 cm³/mol. The SMILES string of the molecule is CC(C)(CCO)Nc1nc(N)ns1. The lowest BCUT2D eigenvalue weighted by molar-refractivity contribution is 0.261. The molecule has 0 amide bonds. The molecular formula is C7H14N4OS. The molecule has 0 aliphatic carbocycles. The smallest absolute Gasteiger partial charge is 0.233 e. The van der Waals surface area contributed by atoms with E-state index in [4.69, 9.17) is 10.8 Å². The molecular weight excluding hydrogens is 188 g/mol. The Morgan fingerprint density at radius 1 is 1.62 bits per heavy atom. The van der Waals surface area contributed by atoms with Crippen molar-refractivity contribution >= 4 is 22.6 Å². The summed E-state index contributed by atoms with van der Waals surface area (Å²) >= 11 is 1.22. The summed E-state index contributed by atoms with van der Waals surface area (Å²) in [7, 11) is 0. The van der Waals surface area contributed by atoms with Gasteiger partial charge in [-0.05, 0) is 20.3 Å². The maximum absolute atomic E-state index is 8.79. The lowest BCUT2D eigenvalue weighted by Crippen LogP contribution is -2.31. The molecule has 0 saturated carbocycles. The molecule has 0 unspecified atom stereocenters. The number of nitrogen functional groups attached to an aromatic ring is 1. The minimum absolute atomic E-state index is 0.147. The Morgan fingerprint density at radius 3 is 2.77 bits per heavy atom. The van der Waals surface area contributed by atoms with Crippen LogP contribution in [0.3, 0.4) is 0 Å². The minimum atomic E-state index is -0.180. The number of hydrogen-bond donors (Lipinski definition) is 3. The Bertz CT molecular complexity index is 273. The largest absolute Gasteiger partial charge is 0.396 e. The highest BCUT2D eigenvalue weighted by atomic mass is 32.1. The van der Waals surface area contributed by atoms with Gasteiger partial charge < -0.3 is 16.2 Å². The molecule has 0 bridgehead atoms. The summed E-state index contributed by atoms with van der Waals surface area (Å²) in [4.78, 5) is 3.97. The zero-order chi connectivity index (χ0) is 9.90. The number of aliphatic hydroxyl groups excluding tert-OH is 1. The van der Waals surface area contributed by atoms with Crippen molar-refractivity contribution in [1.29, 1.82) is 0 Å². The second-order valence-electron chi connectivity index (χ2n) is 3.44. The van der Waals surface area contributed by atoms with Gasteiger partial charge in [0.25, 0.3) is 0 Å². The molecule has 0 fully saturated rings. The van der Waals surface area contributed by atoms with Crippen molar-refractivity contribution in [3.8, 4) is 0 Å². The lowest BCUT2D eigenvalue weighted by atomic mass is 10.0. The quantitative estimate of drug-likeness (QED) is 0.669. The van der Waals surface area contributed by atoms with Gasteiger partial charge in [0, 0.05) is 23.7 Å². The Hall–Kier alpha value is -0.880. The number of aliphatic hydroxyl groups is 1. The molecule has 4 N–H and O–H groups in total. The zero-order valence-electron chi connectivity index (χ0n) is 7.74. The molecule has 1 rings (SSSR count). The van der Waals surface area contributed by atoms with Crippen molar-refractivity contribution in [1.82, 2.24) is 9.36 Å². The summed E-state index contributed by atoms with van der Waals surface area (Å²) in [6, 6.07) is 0. The maximum atomic E-state index is 8.79. The maximum Gasteiger partial charge on any atom is 0.233 e. The van der Waals surface area contributed by atoms with Gasteiger partial charge >= 0.3 is 0 Å². The van der Waals surface area contributed by atoms with E-state index in [-0.39, 0.29) is 18.1 Å². The number of nitrogens with zero attached hydrogens (tertiary/aromatic N) is 2. The lowest BCUT2D eigenvalue weighted by Gasteiger charge is -2.24. The van der Waals surface area contributed by atoms with Gasteiger partial charge in [-0.15, -0.1) is 0 Å². The number of nitrogens with two attached hydrogens (primary N) is 1. The van der Waals surface area contributed by atoms with Crippen LogP contribution in [-0.4, -0.2) is 26.6 Å². The van der Waals surface area contributed by atoms with Crippen LogP contribution in [0.25, 0.3) is 0 Å². The average molecular weight is 202 g/mol. The fourth-order valence-electron chi connectivity index (χ4n) is 0.917. The summed E-state index contributed by atoms with van der Waals surface area (Å²) in [5.41, 5.74) is 5.19. The van der Waals surface area contributed by atoms with Crippen LogP contribution in [0.2, 0.25) is 0 Å². The fraction of sp³-hybridized carbons (Fsp3) is 0.714. The fourth-order valence-corrected chi connectivity index (χ4v) is 1.59. The van der Waals surface area contributed by atoms with Gasteiger partial charge in [0.05, 0.1) is 0 Å². The standard InChI is InChI=1S/C7H14N4OS/c1-7(2,3-4-12)10-6-9-5(8)11-13-6/h12H,3-4H2,1-2H3,(H3,8,9,10,11). The van der Waals surface area contributed by atoms with Crippen molar-refractivity contribution < 1.29 is 5.11 Å². The predicted octanol–water partition coefficient (Wildman–Crippen LogP) is 0.693. The highest BCUT2D eigenvalue weighted by Crippen LogP contribution is 2.19. The first-order valence-electron chi connectivity index (χ1n) is 4.02. The van der Waals surface area contributed by atoms with E-state index in [9.17, 15) is 0 Å². The molecule has 0 aromatic carbocycles. The van der Waals surface area contributed by atoms with Gasteiger partial charge in [0.15, 0.2) is 0 Å². The summed E-state index contributed by atoms with van der Waals surface area (Å²) in [6.07, 6.45) is 0.659. The van der Waals surface area contributed by atoms with Crippen molar-refractivity contribution in [3.63, 3.8) is 0 Å². The van der Waals surface area contributed by atoms with E-state index in [0.717, 1.165) is 0 Å². The second kappa shape index (κ2) is 3.89. The molecule has 0 radical (unpaired) electrons. The van der Waals surface area contributed by atoms with Crippen LogP contribution in [-0.2, 0) is 0 Å². The molecule has 5 nitrogen and oxygen atoms in total. The first-order valence-corrected chi connectivity index (χ1v) is 4.79. The summed E-state index contributed by atoms with van der Waals surface area (Å²) in [6.45, 7) is 4.12. The third-order valence-electron chi connectivity index (χ3n) is 1.62. The topological polar surface area (TPSA) is 84.1 Å². The Kier molecular flexibility index (Phi) is 3.05. The Balaban J connectivity index is 2.57. The van der Waals surface area contributed by atoms with Gasteiger partial charge in [0.1, 0.15) is 0 Å². The second-order valence-corrected chi connectivity index (χ2v) is 4.19. The van der Waals surface area contributed by atoms with E-state index in [1.54, 1.807) is 0 Å². The van der Waals surface area contributed by atoms with Gasteiger partial charge in [-0.25, -0.2) is 0 Å². The van der Waals surface area contributed by atoms with Crippen molar-refractivity contribution in [2.45, 2.75) is 25.8 Å². The molecule has 0 spiro atoms. The van der Waals surface area contributed by atoms with Crippen molar-refractivity contribution in [2.24, 2.45) is 0 Å². The van der Waals surface area contributed by atoms with Crippen LogP contribution in [0.1, 0.15) is 20.3 Å². The van der Waals surface area contributed by atoms with E-state index in [2.05, 4.69) is 14.7 Å². The number of nitrogens with one attached hydrogen (secondary N) is 1. The molecule has 13 heavy (non-hydrogen) atoms. The van der Waals surface area contributed by atoms with E-state index < -0.39 is 0 Å². The molecule has 1 aromatic heterocycles. The van der Waals surface area contributed by atoms with Crippen molar-refractivity contribution in [3.05, 3.63) is 0 Å². The monoisotopic (exact) mass is 202 g/mol. The van der Waals surface area contributed by atoms with E-state index >= 15 is 0 Å². The van der Waals surface area contributed by atoms with E-state index in [1.165, 1.54) is 11.5 Å². The summed E-state index contributed by atoms with van der Waals surface area (Å²) in [5.74, 6) is 0.285. The molecule has 6 heteroatoms. The summed E-state index contributed by atoms with van der Waals surface area (Å²) < 4.78 is 3.84. The van der Waals surface area contributed by atoms with Crippen LogP contribution in [0.15, 0.2) is 0 Å². The first kappa shape index (κ1) is 10.2. The average Bonchev–Trinajstić information content (AvgIpc) is 2.34. The number of aromatic nitrogens is 2. The highest BCUT2D eigenvalue weighted by Gasteiger charge is 2.18. The highest BCUT2D eigenvalue weighted by molar-refractivity contribution is 7.09. The van der Waals surface area contributed by atoms with Crippen LogP contribution in [0, 0.1) is 0 Å². The third kappa shape index (κ3) is 3.16. The van der Waals surface area contributed by atoms with E-state index in [0.29, 0.717) is 11.6 Å². The molecule has 1 heterocycles. The summed E-state index contributed by atoms with van der Waals surface area (Å²) in [5, 5.41) is 12.6. The normalized spacial score (nSPS) is 11.6. The molecule has 0 saturated heterocycles. The molecule has 74 valence electrons. The van der Waals surface area contributed by atoms with Crippen molar-refractivity contribution in [2.75, 3.05) is 17.7 Å². The number of anilines is 2. The number of rotatable bonds is 4. The number of hydrogen-bond acceptors (Lipinski definition) is 6. The molecule has 0 aliphatic heterocycles. The molecule has 0 aliphatic rings. The zero-order valence-corrected chi connectivity index (χ0v) is 8.56. The first-order chi connectivity index (χ1) is 6.03. The molecule has 0 atom stereocenters. The van der Waals surface area contributed by atoms with Crippen LogP contribution >= 0.6 is 11.5 Å². The van der Waals surface area contributed by atoms with Gasteiger partial charge in [-0.1, -0.05) is 0 Å². The van der Waals surface area contributed by atoms with Gasteiger partial charge in [0.2, 0.25) is 11.1 Å². The van der Waals surface area contributed by atoms with Crippen LogP contribution < -0.4 is 11.1 Å². The van der Waals surface area contributed by atoms with E-state index in [1.807, 2.05) is 13.8 Å².